The third-order valence-electron chi connectivity index (χ3n) is 5.36. The smallest absolute Gasteiger partial charge is 0.192 e. The minimum atomic E-state index is -0.326. The second-order valence-corrected chi connectivity index (χ2v) is 8.96. The Kier molecular flexibility index (Phi) is 8.57. The van der Waals surface area contributed by atoms with Crippen LogP contribution in [0.15, 0.2) is 23.2 Å². The molecule has 7 nitrogen and oxygen atoms in total. The molecule has 2 aromatic rings. The Balaban J connectivity index is 1.64. The van der Waals surface area contributed by atoms with E-state index in [4.69, 9.17) is 4.74 Å². The topological polar surface area (TPSA) is 76.4 Å². The molecule has 0 saturated heterocycles. The van der Waals surface area contributed by atoms with Gasteiger partial charge in [-0.05, 0) is 68.7 Å². The van der Waals surface area contributed by atoms with E-state index < -0.39 is 0 Å². The van der Waals surface area contributed by atoms with Crippen LogP contribution in [-0.2, 0) is 13.6 Å². The predicted molar refractivity (Wildman–Crippen MR) is 124 cm³/mol. The summed E-state index contributed by atoms with van der Waals surface area (Å²) in [5, 5.41) is 15.0. The number of aliphatic imine (C=N–C) groups is 1. The van der Waals surface area contributed by atoms with Crippen molar-refractivity contribution in [3.05, 3.63) is 41.2 Å². The molecular formula is C22H33FN6OS. The van der Waals surface area contributed by atoms with E-state index in [2.05, 4.69) is 32.1 Å². The second kappa shape index (κ2) is 11.4. The Hall–Kier alpha value is -2.29. The third-order valence-corrected chi connectivity index (χ3v) is 6.06. The van der Waals surface area contributed by atoms with Crippen molar-refractivity contribution in [3.8, 4) is 5.75 Å². The highest BCUT2D eigenvalue weighted by Crippen LogP contribution is 2.30. The summed E-state index contributed by atoms with van der Waals surface area (Å²) in [5.74, 6) is 3.97. The zero-order valence-electron chi connectivity index (χ0n) is 18.8. The van der Waals surface area contributed by atoms with Crippen LogP contribution in [0.4, 0.5) is 4.39 Å². The van der Waals surface area contributed by atoms with Gasteiger partial charge in [0, 0.05) is 13.6 Å². The summed E-state index contributed by atoms with van der Waals surface area (Å²) < 4.78 is 22.0. The Labute approximate surface area is 188 Å². The molecule has 3 rings (SSSR count). The van der Waals surface area contributed by atoms with Crippen LogP contribution in [-0.4, -0.2) is 45.9 Å². The average molecular weight is 449 g/mol. The lowest BCUT2D eigenvalue weighted by Gasteiger charge is -2.19. The largest absolute Gasteiger partial charge is 0.490 e. The predicted octanol–water partition coefficient (Wildman–Crippen LogP) is 3.60. The first-order chi connectivity index (χ1) is 15.0. The molecule has 1 fully saturated rings. The molecule has 0 spiro atoms. The summed E-state index contributed by atoms with van der Waals surface area (Å²) in [4.78, 5) is 4.67. The summed E-state index contributed by atoms with van der Waals surface area (Å²) in [7, 11) is 1.93. The van der Waals surface area contributed by atoms with Gasteiger partial charge in [-0.3, -0.25) is 0 Å². The van der Waals surface area contributed by atoms with Crippen LogP contribution in [0.25, 0.3) is 0 Å². The van der Waals surface area contributed by atoms with Crippen molar-refractivity contribution in [3.63, 3.8) is 0 Å². The summed E-state index contributed by atoms with van der Waals surface area (Å²) >= 11 is 1.82. The van der Waals surface area contributed by atoms with Gasteiger partial charge in [0.25, 0.3) is 0 Å². The second-order valence-electron chi connectivity index (χ2n) is 7.97. The number of aryl methyl sites for hydroxylation is 1. The van der Waals surface area contributed by atoms with E-state index in [1.54, 1.807) is 6.07 Å². The molecule has 1 atom stereocenters. The van der Waals surface area contributed by atoms with Crippen LogP contribution in [0, 0.1) is 18.7 Å². The van der Waals surface area contributed by atoms with E-state index in [0.29, 0.717) is 30.8 Å². The Bertz CT molecular complexity index is 883. The Morgan fingerprint density at radius 3 is 2.84 bits per heavy atom. The molecule has 1 saturated carbocycles. The Morgan fingerprint density at radius 1 is 1.39 bits per heavy atom. The number of guanidine groups is 1. The summed E-state index contributed by atoms with van der Waals surface area (Å²) in [6.07, 6.45) is 5.49. The van der Waals surface area contributed by atoms with Crippen molar-refractivity contribution in [2.45, 2.75) is 45.7 Å². The normalized spacial score (nSPS) is 15.1. The highest BCUT2D eigenvalue weighted by molar-refractivity contribution is 7.98. The van der Waals surface area contributed by atoms with Gasteiger partial charge in [-0.2, -0.15) is 11.8 Å². The summed E-state index contributed by atoms with van der Waals surface area (Å²) in [6.45, 7) is 5.71. The Morgan fingerprint density at radius 2 is 2.19 bits per heavy atom. The molecule has 9 heteroatoms. The number of nitrogens with zero attached hydrogens (tertiary/aromatic N) is 4. The van der Waals surface area contributed by atoms with Crippen molar-refractivity contribution in [2.24, 2.45) is 18.0 Å². The fourth-order valence-electron chi connectivity index (χ4n) is 3.00. The molecule has 1 aromatic carbocycles. The number of rotatable bonds is 11. The maximum atomic E-state index is 14.5. The standard InChI is InChI=1S/C22H33FN6OS/c1-15(18-8-9-20(19(23)12-18)30-14-17-6-7-17)26-22(24-10-5-11-31-4)25-13-21-28-27-16(2)29(21)3/h8-9,12,15,17H,5-7,10-11,13-14H2,1-4H3,(H2,24,25,26). The van der Waals surface area contributed by atoms with Gasteiger partial charge in [0.2, 0.25) is 0 Å². The average Bonchev–Trinajstić information content (AvgIpc) is 3.53. The SMILES string of the molecule is CSCCCNC(=NCc1nnc(C)n1C)NC(C)c1ccc(OCC2CC2)c(F)c1. The van der Waals surface area contributed by atoms with Crippen LogP contribution in [0.5, 0.6) is 5.75 Å². The number of thioether (sulfide) groups is 1. The number of hydrogen-bond donors (Lipinski definition) is 2. The lowest BCUT2D eigenvalue weighted by Crippen LogP contribution is -2.39. The van der Waals surface area contributed by atoms with Crippen molar-refractivity contribution in [1.29, 1.82) is 0 Å². The van der Waals surface area contributed by atoms with Crippen molar-refractivity contribution in [1.82, 2.24) is 25.4 Å². The lowest BCUT2D eigenvalue weighted by atomic mass is 10.1. The van der Waals surface area contributed by atoms with Gasteiger partial charge in [-0.25, -0.2) is 9.38 Å². The molecular weight excluding hydrogens is 415 g/mol. The van der Waals surface area contributed by atoms with Crippen molar-refractivity contribution >= 4 is 17.7 Å². The summed E-state index contributed by atoms with van der Waals surface area (Å²) in [6, 6.07) is 5.04. The number of halogens is 1. The zero-order chi connectivity index (χ0) is 22.2. The van der Waals surface area contributed by atoms with E-state index in [0.717, 1.165) is 35.9 Å². The first-order valence-corrected chi connectivity index (χ1v) is 12.2. The molecule has 0 amide bonds. The van der Waals surface area contributed by atoms with E-state index in [1.165, 1.54) is 18.9 Å². The third kappa shape index (κ3) is 7.12. The van der Waals surface area contributed by atoms with Crippen molar-refractivity contribution < 1.29 is 9.13 Å². The molecule has 2 N–H and O–H groups in total. The van der Waals surface area contributed by atoms with E-state index >= 15 is 0 Å². The van der Waals surface area contributed by atoms with Gasteiger partial charge < -0.3 is 19.9 Å². The molecule has 31 heavy (non-hydrogen) atoms. The molecule has 1 aromatic heterocycles. The maximum absolute atomic E-state index is 14.5. The molecule has 1 unspecified atom stereocenters. The van der Waals surface area contributed by atoms with Gasteiger partial charge in [-0.1, -0.05) is 6.07 Å². The first kappa shape index (κ1) is 23.4. The quantitative estimate of drug-likeness (QED) is 0.311. The number of benzene rings is 1. The zero-order valence-corrected chi connectivity index (χ0v) is 19.6. The molecule has 0 aliphatic heterocycles. The number of nitrogens with one attached hydrogen (secondary N) is 2. The maximum Gasteiger partial charge on any atom is 0.192 e. The van der Waals surface area contributed by atoms with Crippen LogP contribution in [0.1, 0.15) is 49.4 Å². The summed E-state index contributed by atoms with van der Waals surface area (Å²) in [5.41, 5.74) is 0.837. The lowest BCUT2D eigenvalue weighted by molar-refractivity contribution is 0.285. The minimum Gasteiger partial charge on any atom is -0.490 e. The molecule has 0 radical (unpaired) electrons. The fraction of sp³-hybridized carbons (Fsp3) is 0.591. The molecule has 170 valence electrons. The highest BCUT2D eigenvalue weighted by atomic mass is 32.2. The molecule has 0 bridgehead atoms. The van der Waals surface area contributed by atoms with Crippen molar-refractivity contribution in [2.75, 3.05) is 25.2 Å². The van der Waals surface area contributed by atoms with Crippen LogP contribution in [0.3, 0.4) is 0 Å². The molecule has 1 aliphatic rings. The van der Waals surface area contributed by atoms with Gasteiger partial charge in [0.05, 0.1) is 12.6 Å². The number of ether oxygens (including phenoxy) is 1. The van der Waals surface area contributed by atoms with E-state index in [9.17, 15) is 4.39 Å². The van der Waals surface area contributed by atoms with Crippen LogP contribution in [0.2, 0.25) is 0 Å². The fourth-order valence-corrected chi connectivity index (χ4v) is 3.43. The molecule has 1 aliphatic carbocycles. The van der Waals surface area contributed by atoms with E-state index in [1.807, 2.05) is 43.3 Å². The number of hydrogen-bond acceptors (Lipinski definition) is 5. The minimum absolute atomic E-state index is 0.125. The van der Waals surface area contributed by atoms with Gasteiger partial charge in [0.1, 0.15) is 12.4 Å². The van der Waals surface area contributed by atoms with Gasteiger partial charge >= 0.3 is 0 Å². The van der Waals surface area contributed by atoms with Gasteiger partial charge in [0.15, 0.2) is 23.4 Å². The molecule has 1 heterocycles. The first-order valence-electron chi connectivity index (χ1n) is 10.8. The highest BCUT2D eigenvalue weighted by Gasteiger charge is 2.22. The number of aromatic nitrogens is 3. The monoisotopic (exact) mass is 448 g/mol. The van der Waals surface area contributed by atoms with Crippen LogP contribution >= 0.6 is 11.8 Å². The van der Waals surface area contributed by atoms with Crippen LogP contribution < -0.4 is 15.4 Å². The van der Waals surface area contributed by atoms with Gasteiger partial charge in [-0.15, -0.1) is 10.2 Å². The van der Waals surface area contributed by atoms with E-state index in [-0.39, 0.29) is 11.9 Å².